The highest BCUT2D eigenvalue weighted by Crippen LogP contribution is 2.32. The second kappa shape index (κ2) is 7.59. The van der Waals surface area contributed by atoms with Gasteiger partial charge in [0.1, 0.15) is 0 Å². The third-order valence-corrected chi connectivity index (χ3v) is 4.35. The average Bonchev–Trinajstić information content (AvgIpc) is 3.07. The minimum absolute atomic E-state index is 0.0345. The van der Waals surface area contributed by atoms with E-state index >= 15 is 0 Å². The fraction of sp³-hybridized carbons (Fsp3) is 0.474. The highest BCUT2D eigenvalue weighted by atomic mass is 16.7. The van der Waals surface area contributed by atoms with Crippen LogP contribution in [0.25, 0.3) is 6.08 Å². The predicted octanol–water partition coefficient (Wildman–Crippen LogP) is 2.19. The summed E-state index contributed by atoms with van der Waals surface area (Å²) in [6, 6.07) is 5.68. The molecule has 3 rings (SSSR count). The summed E-state index contributed by atoms with van der Waals surface area (Å²) in [4.78, 5) is 26.4. The molecule has 2 heterocycles. The third kappa shape index (κ3) is 4.32. The highest BCUT2D eigenvalue weighted by Gasteiger charge is 2.27. The molecule has 0 spiro atoms. The largest absolute Gasteiger partial charge is 0.454 e. The van der Waals surface area contributed by atoms with Crippen LogP contribution in [0.2, 0.25) is 0 Å². The van der Waals surface area contributed by atoms with Crippen molar-refractivity contribution in [3.63, 3.8) is 0 Å². The smallest absolute Gasteiger partial charge is 0.246 e. The van der Waals surface area contributed by atoms with Gasteiger partial charge in [-0.1, -0.05) is 6.07 Å². The van der Waals surface area contributed by atoms with Gasteiger partial charge in [0.25, 0.3) is 0 Å². The molecule has 0 saturated carbocycles. The van der Waals surface area contributed by atoms with Crippen molar-refractivity contribution in [1.29, 1.82) is 0 Å². The number of ether oxygens (including phenoxy) is 2. The van der Waals surface area contributed by atoms with Crippen LogP contribution < -0.4 is 14.8 Å². The molecule has 0 aliphatic carbocycles. The van der Waals surface area contributed by atoms with Crippen molar-refractivity contribution in [1.82, 2.24) is 10.2 Å². The van der Waals surface area contributed by atoms with E-state index in [2.05, 4.69) is 5.32 Å². The Morgan fingerprint density at radius 3 is 2.88 bits per heavy atom. The van der Waals surface area contributed by atoms with Crippen LogP contribution in [0.4, 0.5) is 0 Å². The van der Waals surface area contributed by atoms with Gasteiger partial charge in [-0.3, -0.25) is 9.59 Å². The summed E-state index contributed by atoms with van der Waals surface area (Å²) < 4.78 is 10.6. The Labute approximate surface area is 147 Å². The van der Waals surface area contributed by atoms with Crippen molar-refractivity contribution >= 4 is 17.9 Å². The highest BCUT2D eigenvalue weighted by molar-refractivity contribution is 5.92. The maximum Gasteiger partial charge on any atom is 0.246 e. The van der Waals surface area contributed by atoms with E-state index in [1.54, 1.807) is 17.1 Å². The maximum atomic E-state index is 12.4. The molecule has 1 atom stereocenters. The first-order valence-corrected chi connectivity index (χ1v) is 8.70. The minimum atomic E-state index is -0.126. The van der Waals surface area contributed by atoms with E-state index in [0.717, 1.165) is 24.2 Å². The third-order valence-electron chi connectivity index (χ3n) is 4.35. The fourth-order valence-electron chi connectivity index (χ4n) is 3.08. The molecule has 2 aliphatic heterocycles. The molecule has 0 aromatic heterocycles. The van der Waals surface area contributed by atoms with Crippen molar-refractivity contribution in [3.8, 4) is 11.5 Å². The Morgan fingerprint density at radius 1 is 1.28 bits per heavy atom. The van der Waals surface area contributed by atoms with Crippen LogP contribution in [0, 0.1) is 5.92 Å². The van der Waals surface area contributed by atoms with Gasteiger partial charge in [-0.25, -0.2) is 0 Å². The monoisotopic (exact) mass is 344 g/mol. The standard InChI is InChI=1S/C19H24N2O4/c1-13(2)20-19(23)15-4-3-9-21(11-15)18(22)8-6-14-5-7-16-17(10-14)25-12-24-16/h5-8,10,13,15H,3-4,9,11-12H2,1-2H3,(H,20,23)/b8-6+. The molecular weight excluding hydrogens is 320 g/mol. The second-order valence-electron chi connectivity index (χ2n) is 6.73. The van der Waals surface area contributed by atoms with Gasteiger partial charge in [-0.05, 0) is 50.5 Å². The number of carbonyl (C=O) groups excluding carboxylic acids is 2. The molecular formula is C19H24N2O4. The van der Waals surface area contributed by atoms with Crippen molar-refractivity contribution < 1.29 is 19.1 Å². The maximum absolute atomic E-state index is 12.4. The second-order valence-corrected chi connectivity index (χ2v) is 6.73. The zero-order valence-electron chi connectivity index (χ0n) is 14.7. The van der Waals surface area contributed by atoms with Crippen LogP contribution in [0.3, 0.4) is 0 Å². The zero-order valence-corrected chi connectivity index (χ0v) is 14.7. The summed E-state index contributed by atoms with van der Waals surface area (Å²) in [5.41, 5.74) is 0.878. The SMILES string of the molecule is CC(C)NC(=O)C1CCCN(C(=O)/C=C/c2ccc3c(c2)OCO3)C1. The number of hydrogen-bond donors (Lipinski definition) is 1. The number of rotatable bonds is 4. The summed E-state index contributed by atoms with van der Waals surface area (Å²) in [6.07, 6.45) is 5.00. The lowest BCUT2D eigenvalue weighted by Crippen LogP contribution is -2.46. The molecule has 2 amide bonds. The van der Waals surface area contributed by atoms with Crippen LogP contribution >= 0.6 is 0 Å². The lowest BCUT2D eigenvalue weighted by Gasteiger charge is -2.31. The number of nitrogens with zero attached hydrogens (tertiary/aromatic N) is 1. The topological polar surface area (TPSA) is 67.9 Å². The fourth-order valence-corrected chi connectivity index (χ4v) is 3.08. The van der Waals surface area contributed by atoms with E-state index in [0.29, 0.717) is 18.8 Å². The summed E-state index contributed by atoms with van der Waals surface area (Å²) in [7, 11) is 0. The normalized spacial score (nSPS) is 19.5. The van der Waals surface area contributed by atoms with Gasteiger partial charge in [0.05, 0.1) is 5.92 Å². The van der Waals surface area contributed by atoms with E-state index in [4.69, 9.17) is 9.47 Å². The van der Waals surface area contributed by atoms with Gasteiger partial charge < -0.3 is 19.7 Å². The number of benzene rings is 1. The first-order valence-electron chi connectivity index (χ1n) is 8.70. The number of nitrogens with one attached hydrogen (secondary N) is 1. The molecule has 1 unspecified atom stereocenters. The average molecular weight is 344 g/mol. The molecule has 6 nitrogen and oxygen atoms in total. The van der Waals surface area contributed by atoms with E-state index < -0.39 is 0 Å². The summed E-state index contributed by atoms with van der Waals surface area (Å²) >= 11 is 0. The molecule has 0 bridgehead atoms. The van der Waals surface area contributed by atoms with Gasteiger partial charge in [0, 0.05) is 25.2 Å². The molecule has 2 aliphatic rings. The van der Waals surface area contributed by atoms with Crippen molar-refractivity contribution in [3.05, 3.63) is 29.8 Å². The van der Waals surface area contributed by atoms with Gasteiger partial charge in [0.15, 0.2) is 11.5 Å². The van der Waals surface area contributed by atoms with Gasteiger partial charge >= 0.3 is 0 Å². The van der Waals surface area contributed by atoms with Crippen LogP contribution in [-0.2, 0) is 9.59 Å². The van der Waals surface area contributed by atoms with Crippen LogP contribution in [0.1, 0.15) is 32.3 Å². The Kier molecular flexibility index (Phi) is 5.26. The molecule has 1 fully saturated rings. The molecule has 1 N–H and O–H groups in total. The summed E-state index contributed by atoms with van der Waals surface area (Å²) in [6.45, 7) is 5.28. The predicted molar refractivity (Wildman–Crippen MR) is 94.2 cm³/mol. The first kappa shape index (κ1) is 17.3. The minimum Gasteiger partial charge on any atom is -0.454 e. The number of carbonyl (C=O) groups is 2. The van der Waals surface area contributed by atoms with Crippen LogP contribution in [0.5, 0.6) is 11.5 Å². The van der Waals surface area contributed by atoms with Gasteiger partial charge in [0.2, 0.25) is 18.6 Å². The molecule has 134 valence electrons. The lowest BCUT2D eigenvalue weighted by atomic mass is 9.96. The number of piperidine rings is 1. The van der Waals surface area contributed by atoms with E-state index in [-0.39, 0.29) is 30.6 Å². The van der Waals surface area contributed by atoms with Crippen molar-refractivity contribution in [2.75, 3.05) is 19.9 Å². The number of likely N-dealkylation sites (tertiary alicyclic amines) is 1. The molecule has 6 heteroatoms. The lowest BCUT2D eigenvalue weighted by molar-refractivity contribution is -0.132. The summed E-state index contributed by atoms with van der Waals surface area (Å²) in [5.74, 6) is 1.25. The molecule has 1 saturated heterocycles. The Balaban J connectivity index is 1.59. The van der Waals surface area contributed by atoms with Crippen molar-refractivity contribution in [2.45, 2.75) is 32.7 Å². The van der Waals surface area contributed by atoms with E-state index in [9.17, 15) is 9.59 Å². The molecule has 1 aromatic carbocycles. The van der Waals surface area contributed by atoms with Crippen LogP contribution in [0.15, 0.2) is 24.3 Å². The molecule has 25 heavy (non-hydrogen) atoms. The van der Waals surface area contributed by atoms with Gasteiger partial charge in [-0.2, -0.15) is 0 Å². The Morgan fingerprint density at radius 2 is 2.08 bits per heavy atom. The van der Waals surface area contributed by atoms with Crippen LogP contribution in [-0.4, -0.2) is 42.6 Å². The van der Waals surface area contributed by atoms with Crippen molar-refractivity contribution in [2.24, 2.45) is 5.92 Å². The molecule has 0 radical (unpaired) electrons. The number of fused-ring (bicyclic) bond motifs is 1. The Bertz CT molecular complexity index is 684. The number of hydrogen-bond acceptors (Lipinski definition) is 4. The quantitative estimate of drug-likeness (QED) is 0.850. The van der Waals surface area contributed by atoms with E-state index in [1.165, 1.54) is 0 Å². The Hall–Kier alpha value is -2.50. The summed E-state index contributed by atoms with van der Waals surface area (Å²) in [5, 5.41) is 2.93. The molecule has 1 aromatic rings. The number of amides is 2. The first-order chi connectivity index (χ1) is 12.0. The van der Waals surface area contributed by atoms with Gasteiger partial charge in [-0.15, -0.1) is 0 Å². The zero-order chi connectivity index (χ0) is 17.8. The van der Waals surface area contributed by atoms with E-state index in [1.807, 2.05) is 32.0 Å².